The summed E-state index contributed by atoms with van der Waals surface area (Å²) in [5, 5.41) is 10.0. The first-order chi connectivity index (χ1) is 23.7. The maximum Gasteiger partial charge on any atom is 0.338 e. The number of thiazole rings is 1. The number of fused-ring (bicyclic) bond motifs is 1. The van der Waals surface area contributed by atoms with E-state index in [-0.39, 0.29) is 40.7 Å². The van der Waals surface area contributed by atoms with Crippen molar-refractivity contribution in [3.63, 3.8) is 0 Å². The predicted octanol–water partition coefficient (Wildman–Crippen LogP) is 6.53. The van der Waals surface area contributed by atoms with Crippen LogP contribution in [0.5, 0.6) is 11.5 Å². The van der Waals surface area contributed by atoms with Gasteiger partial charge in [0.1, 0.15) is 6.61 Å². The van der Waals surface area contributed by atoms with Gasteiger partial charge in [-0.3, -0.25) is 9.36 Å². The van der Waals surface area contributed by atoms with Crippen molar-refractivity contribution >= 4 is 58.3 Å². The van der Waals surface area contributed by atoms with Crippen molar-refractivity contribution in [2.75, 3.05) is 13.7 Å². The third kappa shape index (κ3) is 7.03. The molecular formula is C37H28Cl2N2O7S. The van der Waals surface area contributed by atoms with Crippen molar-refractivity contribution in [2.24, 2.45) is 4.99 Å². The average Bonchev–Trinajstić information content (AvgIpc) is 3.41. The molecule has 0 amide bonds. The lowest BCUT2D eigenvalue weighted by atomic mass is 9.93. The molecule has 0 fully saturated rings. The minimum absolute atomic E-state index is 0.0480. The third-order valence-electron chi connectivity index (χ3n) is 7.67. The smallest absolute Gasteiger partial charge is 0.338 e. The Morgan fingerprint density at radius 3 is 2.45 bits per heavy atom. The molecule has 1 aliphatic heterocycles. The summed E-state index contributed by atoms with van der Waals surface area (Å²) in [4.78, 5) is 44.5. The van der Waals surface area contributed by atoms with Crippen molar-refractivity contribution in [3.8, 4) is 11.5 Å². The second kappa shape index (κ2) is 14.5. The van der Waals surface area contributed by atoms with Crippen LogP contribution in [-0.2, 0) is 16.1 Å². The standard InChI is InChI=1S/C37H28Cl2N2O7S/c1-3-47-36(45)30-31(23-9-5-4-6-10-23)40-37-41(32(30)24-12-14-26(38)15-13-24)34(42)29(49-37)19-22-17-27(39)33(28(18-22)46-2)48-20-21-8-7-11-25(16-21)35(43)44/h4-19,32H,3,20H2,1-2H3,(H,43,44)/b29-19+/t32-/m1/s1. The molecule has 0 bridgehead atoms. The van der Waals surface area contributed by atoms with Crippen LogP contribution in [0.25, 0.3) is 11.8 Å². The number of nitrogens with zero attached hydrogens (tertiary/aromatic N) is 2. The third-order valence-corrected chi connectivity index (χ3v) is 9.18. The fourth-order valence-electron chi connectivity index (χ4n) is 5.47. The molecule has 9 nitrogen and oxygen atoms in total. The van der Waals surface area contributed by atoms with E-state index in [0.29, 0.717) is 48.1 Å². The van der Waals surface area contributed by atoms with Crippen LogP contribution in [-0.4, -0.2) is 35.3 Å². The number of hydrogen-bond donors (Lipinski definition) is 1. The number of ether oxygens (including phenoxy) is 3. The van der Waals surface area contributed by atoms with Crippen molar-refractivity contribution < 1.29 is 28.9 Å². The molecule has 0 aliphatic carbocycles. The monoisotopic (exact) mass is 714 g/mol. The highest BCUT2D eigenvalue weighted by molar-refractivity contribution is 7.07. The zero-order valence-corrected chi connectivity index (χ0v) is 28.5. The van der Waals surface area contributed by atoms with Gasteiger partial charge >= 0.3 is 11.9 Å². The molecule has 0 radical (unpaired) electrons. The number of carboxylic acids is 1. The Hall–Kier alpha value is -5.16. The van der Waals surface area contributed by atoms with E-state index < -0.39 is 18.0 Å². The fraction of sp³-hybridized carbons (Fsp3) is 0.135. The minimum atomic E-state index is -1.04. The SMILES string of the molecule is CCOC(=O)C1=C(c2ccccc2)N=c2s/c(=C/c3cc(Cl)c(OCc4cccc(C(=O)O)c4)c(OC)c3)c(=O)n2[C@@H]1c1ccc(Cl)cc1. The van der Waals surface area contributed by atoms with Gasteiger partial charge in [0.15, 0.2) is 16.3 Å². The summed E-state index contributed by atoms with van der Waals surface area (Å²) in [6.45, 7) is 1.91. The van der Waals surface area contributed by atoms with E-state index in [4.69, 9.17) is 42.4 Å². The van der Waals surface area contributed by atoms with Crippen LogP contribution in [0, 0.1) is 0 Å². The number of carboxylic acid groups (broad SMARTS) is 1. The van der Waals surface area contributed by atoms with E-state index in [2.05, 4.69) is 0 Å². The number of rotatable bonds is 10. The molecule has 0 spiro atoms. The van der Waals surface area contributed by atoms with Crippen LogP contribution in [0.15, 0.2) is 106 Å². The van der Waals surface area contributed by atoms with Crippen LogP contribution in [0.1, 0.15) is 45.6 Å². The van der Waals surface area contributed by atoms with E-state index in [0.717, 1.165) is 0 Å². The molecule has 1 aromatic heterocycles. The lowest BCUT2D eigenvalue weighted by Crippen LogP contribution is -2.40. The fourth-order valence-corrected chi connectivity index (χ4v) is 6.87. The van der Waals surface area contributed by atoms with Gasteiger partial charge in [0.2, 0.25) is 0 Å². The molecule has 2 heterocycles. The van der Waals surface area contributed by atoms with Gasteiger partial charge in [0, 0.05) is 10.6 Å². The van der Waals surface area contributed by atoms with E-state index in [9.17, 15) is 19.5 Å². The van der Waals surface area contributed by atoms with Gasteiger partial charge in [-0.15, -0.1) is 0 Å². The topological polar surface area (TPSA) is 116 Å². The Bertz CT molecular complexity index is 2280. The molecular weight excluding hydrogens is 687 g/mol. The van der Waals surface area contributed by atoms with Gasteiger partial charge in [0.05, 0.1) is 46.1 Å². The lowest BCUT2D eigenvalue weighted by molar-refractivity contribution is -0.138. The Morgan fingerprint density at radius 2 is 1.76 bits per heavy atom. The minimum Gasteiger partial charge on any atom is -0.493 e. The summed E-state index contributed by atoms with van der Waals surface area (Å²) in [7, 11) is 1.47. The number of methoxy groups -OCH3 is 1. The van der Waals surface area contributed by atoms with Crippen LogP contribution >= 0.6 is 34.5 Å². The highest BCUT2D eigenvalue weighted by atomic mass is 35.5. The van der Waals surface area contributed by atoms with E-state index >= 15 is 0 Å². The first-order valence-electron chi connectivity index (χ1n) is 15.0. The zero-order valence-electron chi connectivity index (χ0n) is 26.2. The number of esters is 1. The summed E-state index contributed by atoms with van der Waals surface area (Å²) in [6, 6.07) is 25.1. The Kier molecular flexibility index (Phi) is 10.0. The second-order valence-corrected chi connectivity index (χ2v) is 12.7. The summed E-state index contributed by atoms with van der Waals surface area (Å²) >= 11 is 14.1. The number of carbonyl (C=O) groups excluding carboxylic acids is 1. The van der Waals surface area contributed by atoms with Gasteiger partial charge in [-0.25, -0.2) is 14.6 Å². The normalized spacial score (nSPS) is 14.2. The summed E-state index contributed by atoms with van der Waals surface area (Å²) in [6.07, 6.45) is 1.67. The highest BCUT2D eigenvalue weighted by Gasteiger charge is 2.35. The molecule has 0 unspecified atom stereocenters. The molecule has 1 N–H and O–H groups in total. The Labute approximate surface area is 294 Å². The number of halogens is 2. The lowest BCUT2D eigenvalue weighted by Gasteiger charge is -2.25. The Morgan fingerprint density at radius 1 is 1.00 bits per heavy atom. The molecule has 49 heavy (non-hydrogen) atoms. The maximum absolute atomic E-state index is 14.2. The maximum atomic E-state index is 14.2. The number of aromatic carboxylic acids is 1. The summed E-state index contributed by atoms with van der Waals surface area (Å²) < 4.78 is 18.9. The molecule has 6 rings (SSSR count). The van der Waals surface area contributed by atoms with Gasteiger partial charge in [-0.1, -0.05) is 89.1 Å². The highest BCUT2D eigenvalue weighted by Crippen LogP contribution is 2.38. The number of carbonyl (C=O) groups is 2. The van der Waals surface area contributed by atoms with E-state index in [1.807, 2.05) is 30.3 Å². The summed E-state index contributed by atoms with van der Waals surface area (Å²) in [5.74, 6) is -1.05. The van der Waals surface area contributed by atoms with E-state index in [1.54, 1.807) is 61.5 Å². The van der Waals surface area contributed by atoms with Crippen LogP contribution in [0.3, 0.4) is 0 Å². The Balaban J connectivity index is 1.46. The van der Waals surface area contributed by atoms with Crippen LogP contribution in [0.4, 0.5) is 0 Å². The van der Waals surface area contributed by atoms with Crippen molar-refractivity contribution in [3.05, 3.63) is 154 Å². The molecule has 248 valence electrons. The largest absolute Gasteiger partial charge is 0.493 e. The molecule has 0 saturated carbocycles. The second-order valence-electron chi connectivity index (χ2n) is 10.8. The average molecular weight is 716 g/mol. The molecule has 5 aromatic rings. The van der Waals surface area contributed by atoms with Gasteiger partial charge in [0.25, 0.3) is 5.56 Å². The molecule has 1 atom stereocenters. The molecule has 12 heteroatoms. The van der Waals surface area contributed by atoms with Gasteiger partial charge in [-0.05, 0) is 66.1 Å². The first kappa shape index (κ1) is 33.7. The molecule has 1 aliphatic rings. The molecule has 4 aromatic carbocycles. The van der Waals surface area contributed by atoms with Crippen molar-refractivity contribution in [1.82, 2.24) is 4.57 Å². The first-order valence-corrected chi connectivity index (χ1v) is 16.6. The molecule has 0 saturated heterocycles. The van der Waals surface area contributed by atoms with Crippen LogP contribution < -0.4 is 24.4 Å². The zero-order chi connectivity index (χ0) is 34.7. The summed E-state index contributed by atoms with van der Waals surface area (Å²) in [5.41, 5.74) is 2.96. The predicted molar refractivity (Wildman–Crippen MR) is 188 cm³/mol. The number of benzene rings is 4. The van der Waals surface area contributed by atoms with Crippen molar-refractivity contribution in [1.29, 1.82) is 0 Å². The quantitative estimate of drug-likeness (QED) is 0.164. The number of hydrogen-bond acceptors (Lipinski definition) is 8. The van der Waals surface area contributed by atoms with Crippen LogP contribution in [0.2, 0.25) is 10.0 Å². The number of aromatic nitrogens is 1. The van der Waals surface area contributed by atoms with E-state index in [1.165, 1.54) is 35.1 Å². The van der Waals surface area contributed by atoms with Gasteiger partial charge < -0.3 is 19.3 Å². The van der Waals surface area contributed by atoms with Crippen molar-refractivity contribution in [2.45, 2.75) is 19.6 Å². The van der Waals surface area contributed by atoms with Gasteiger partial charge in [-0.2, -0.15) is 0 Å².